The molecule has 0 aromatic heterocycles. The van der Waals surface area contributed by atoms with Gasteiger partial charge in [0.15, 0.2) is 0 Å². The molecule has 1 aromatic rings. The van der Waals surface area contributed by atoms with Crippen LogP contribution in [0.2, 0.25) is 0 Å². The summed E-state index contributed by atoms with van der Waals surface area (Å²) in [6.45, 7) is 6.04. The molecule has 0 aliphatic heterocycles. The van der Waals surface area contributed by atoms with Crippen molar-refractivity contribution < 1.29 is 9.53 Å². The summed E-state index contributed by atoms with van der Waals surface area (Å²) in [5, 5.41) is 0. The minimum absolute atomic E-state index is 0.112. The van der Waals surface area contributed by atoms with Crippen molar-refractivity contribution in [3.8, 4) is 0 Å². The molecule has 4 nitrogen and oxygen atoms in total. The number of nitrogens with two attached hydrogens (primary N) is 1. The number of methoxy groups -OCH3 is 1. The summed E-state index contributed by atoms with van der Waals surface area (Å²) in [5.74, 6) is -0.277. The van der Waals surface area contributed by atoms with E-state index in [0.717, 1.165) is 12.1 Å². The van der Waals surface area contributed by atoms with Crippen LogP contribution in [0.1, 0.15) is 23.6 Å². The molecule has 19 heavy (non-hydrogen) atoms. The van der Waals surface area contributed by atoms with E-state index in [4.69, 9.17) is 10.5 Å². The zero-order valence-electron chi connectivity index (χ0n) is 12.3. The van der Waals surface area contributed by atoms with Crippen molar-refractivity contribution in [1.29, 1.82) is 0 Å². The molecule has 106 valence electrons. The number of aryl methyl sites for hydroxylation is 1. The van der Waals surface area contributed by atoms with Crippen molar-refractivity contribution in [2.45, 2.75) is 26.9 Å². The maximum Gasteiger partial charge on any atom is 0.309 e. The normalized spacial score (nSPS) is 12.5. The molecule has 0 aliphatic carbocycles. The highest BCUT2D eigenvalue weighted by molar-refractivity contribution is 5.72. The van der Waals surface area contributed by atoms with Crippen molar-refractivity contribution in [2.75, 3.05) is 20.7 Å². The second kappa shape index (κ2) is 7.26. The maximum atomic E-state index is 11.4. The first-order valence-electron chi connectivity index (χ1n) is 6.52. The van der Waals surface area contributed by atoms with Gasteiger partial charge in [-0.3, -0.25) is 4.79 Å². The Hall–Kier alpha value is -1.39. The average Bonchev–Trinajstić information content (AvgIpc) is 2.39. The number of rotatable bonds is 6. The molecule has 0 amide bonds. The highest BCUT2D eigenvalue weighted by Gasteiger charge is 2.15. The van der Waals surface area contributed by atoms with Gasteiger partial charge in [-0.25, -0.2) is 0 Å². The van der Waals surface area contributed by atoms with Gasteiger partial charge in [-0.2, -0.15) is 0 Å². The van der Waals surface area contributed by atoms with E-state index >= 15 is 0 Å². The third kappa shape index (κ3) is 4.65. The molecular formula is C15H24N2O2. The smallest absolute Gasteiger partial charge is 0.309 e. The molecule has 0 saturated heterocycles. The summed E-state index contributed by atoms with van der Waals surface area (Å²) in [4.78, 5) is 13.5. The Bertz CT molecular complexity index is 432. The van der Waals surface area contributed by atoms with Crippen LogP contribution in [0.15, 0.2) is 18.2 Å². The number of benzene rings is 1. The minimum atomic E-state index is -0.165. The molecule has 1 rings (SSSR count). The van der Waals surface area contributed by atoms with Crippen molar-refractivity contribution in [3.63, 3.8) is 0 Å². The lowest BCUT2D eigenvalue weighted by Crippen LogP contribution is -2.29. The molecule has 0 aliphatic rings. The number of ether oxygens (including phenoxy) is 1. The van der Waals surface area contributed by atoms with Crippen LogP contribution >= 0.6 is 0 Å². The average molecular weight is 264 g/mol. The van der Waals surface area contributed by atoms with Gasteiger partial charge in [0, 0.05) is 19.6 Å². The quantitative estimate of drug-likeness (QED) is 0.795. The fourth-order valence-corrected chi connectivity index (χ4v) is 2.16. The molecule has 0 spiro atoms. The number of hydrogen-bond donors (Lipinski definition) is 1. The Labute approximate surface area is 115 Å². The summed E-state index contributed by atoms with van der Waals surface area (Å²) < 4.78 is 4.74. The standard InChI is InChI=1S/C15H24N2O2/c1-11-7-13(8-16)5-6-14(11)10-17(3)9-12(2)15(18)19-4/h5-7,12H,8-10,16H2,1-4H3. The Morgan fingerprint density at radius 2 is 2.16 bits per heavy atom. The SMILES string of the molecule is COC(=O)C(C)CN(C)Cc1ccc(CN)cc1C. The molecule has 0 fully saturated rings. The number of carbonyl (C=O) groups is 1. The predicted octanol–water partition coefficient (Wildman–Crippen LogP) is 1.69. The largest absolute Gasteiger partial charge is 0.469 e. The number of esters is 1. The van der Waals surface area contributed by atoms with Crippen molar-refractivity contribution in [2.24, 2.45) is 11.7 Å². The lowest BCUT2D eigenvalue weighted by atomic mass is 10.0. The lowest BCUT2D eigenvalue weighted by molar-refractivity contribution is -0.145. The van der Waals surface area contributed by atoms with Gasteiger partial charge in [-0.15, -0.1) is 0 Å². The van der Waals surface area contributed by atoms with Gasteiger partial charge in [0.1, 0.15) is 0 Å². The summed E-state index contributed by atoms with van der Waals surface area (Å²) >= 11 is 0. The monoisotopic (exact) mass is 264 g/mol. The van der Waals surface area contributed by atoms with Crippen LogP contribution in [0.3, 0.4) is 0 Å². The Balaban J connectivity index is 2.61. The van der Waals surface area contributed by atoms with Gasteiger partial charge in [0.2, 0.25) is 0 Å². The first-order chi connectivity index (χ1) is 8.97. The van der Waals surface area contributed by atoms with Gasteiger partial charge < -0.3 is 15.4 Å². The molecule has 0 saturated carbocycles. The molecule has 0 bridgehead atoms. The van der Waals surface area contributed by atoms with Crippen molar-refractivity contribution in [3.05, 3.63) is 34.9 Å². The summed E-state index contributed by atoms with van der Waals surface area (Å²) in [5.41, 5.74) is 9.27. The van der Waals surface area contributed by atoms with Gasteiger partial charge in [-0.05, 0) is 30.7 Å². The predicted molar refractivity (Wildman–Crippen MR) is 76.6 cm³/mol. The van der Waals surface area contributed by atoms with E-state index in [1.54, 1.807) is 0 Å². The van der Waals surface area contributed by atoms with Crippen LogP contribution in [0.25, 0.3) is 0 Å². The van der Waals surface area contributed by atoms with Crippen LogP contribution in [-0.2, 0) is 22.6 Å². The van der Waals surface area contributed by atoms with Crippen LogP contribution in [-0.4, -0.2) is 31.6 Å². The molecule has 1 unspecified atom stereocenters. The summed E-state index contributed by atoms with van der Waals surface area (Å²) in [6, 6.07) is 6.28. The van der Waals surface area contributed by atoms with Gasteiger partial charge in [0.25, 0.3) is 0 Å². The molecule has 2 N–H and O–H groups in total. The Morgan fingerprint density at radius 1 is 1.47 bits per heavy atom. The zero-order valence-corrected chi connectivity index (χ0v) is 12.3. The first-order valence-corrected chi connectivity index (χ1v) is 6.52. The molecular weight excluding hydrogens is 240 g/mol. The van der Waals surface area contributed by atoms with Crippen molar-refractivity contribution in [1.82, 2.24) is 4.90 Å². The van der Waals surface area contributed by atoms with Crippen molar-refractivity contribution >= 4 is 5.97 Å². The second-order valence-electron chi connectivity index (χ2n) is 5.09. The topological polar surface area (TPSA) is 55.6 Å². The van der Waals surface area contributed by atoms with Gasteiger partial charge >= 0.3 is 5.97 Å². The highest BCUT2D eigenvalue weighted by Crippen LogP contribution is 2.13. The number of nitrogens with zero attached hydrogens (tertiary/aromatic N) is 1. The molecule has 1 atom stereocenters. The van der Waals surface area contributed by atoms with Crippen LogP contribution in [0, 0.1) is 12.8 Å². The van der Waals surface area contributed by atoms with Crippen LogP contribution in [0.4, 0.5) is 0 Å². The summed E-state index contributed by atoms with van der Waals surface area (Å²) in [7, 11) is 3.43. The molecule has 0 radical (unpaired) electrons. The molecule has 4 heteroatoms. The van der Waals surface area contributed by atoms with Crippen LogP contribution < -0.4 is 5.73 Å². The Kier molecular flexibility index (Phi) is 5.99. The Morgan fingerprint density at radius 3 is 2.68 bits per heavy atom. The summed E-state index contributed by atoms with van der Waals surface area (Å²) in [6.07, 6.45) is 0. The fraction of sp³-hybridized carbons (Fsp3) is 0.533. The van der Waals surface area contributed by atoms with E-state index < -0.39 is 0 Å². The second-order valence-corrected chi connectivity index (χ2v) is 5.09. The van der Waals surface area contributed by atoms with Crippen LogP contribution in [0.5, 0.6) is 0 Å². The van der Waals surface area contributed by atoms with E-state index in [9.17, 15) is 4.79 Å². The van der Waals surface area contributed by atoms with Gasteiger partial charge in [0.05, 0.1) is 13.0 Å². The fourth-order valence-electron chi connectivity index (χ4n) is 2.16. The third-order valence-electron chi connectivity index (χ3n) is 3.27. The van der Waals surface area contributed by atoms with E-state index in [1.807, 2.05) is 14.0 Å². The van der Waals surface area contributed by atoms with E-state index in [1.165, 1.54) is 18.2 Å². The van der Waals surface area contributed by atoms with E-state index in [-0.39, 0.29) is 11.9 Å². The number of carbonyl (C=O) groups excluding carboxylic acids is 1. The van der Waals surface area contributed by atoms with E-state index in [2.05, 4.69) is 30.0 Å². The minimum Gasteiger partial charge on any atom is -0.469 e. The van der Waals surface area contributed by atoms with E-state index in [0.29, 0.717) is 13.1 Å². The highest BCUT2D eigenvalue weighted by atomic mass is 16.5. The third-order valence-corrected chi connectivity index (χ3v) is 3.27. The lowest BCUT2D eigenvalue weighted by Gasteiger charge is -2.21. The molecule has 0 heterocycles. The first kappa shape index (κ1) is 15.7. The maximum absolute atomic E-state index is 11.4. The molecule has 1 aromatic carbocycles. The number of hydrogen-bond acceptors (Lipinski definition) is 4. The van der Waals surface area contributed by atoms with Gasteiger partial charge in [-0.1, -0.05) is 25.1 Å². The zero-order chi connectivity index (χ0) is 14.4.